The van der Waals surface area contributed by atoms with E-state index in [0.717, 1.165) is 6.07 Å². The molecule has 1 saturated heterocycles. The van der Waals surface area contributed by atoms with E-state index in [-0.39, 0.29) is 29.4 Å². The van der Waals surface area contributed by atoms with Gasteiger partial charge < -0.3 is 15.0 Å². The van der Waals surface area contributed by atoms with Crippen molar-refractivity contribution in [2.75, 3.05) is 4.90 Å². The Hall–Kier alpha value is -3.01. The maximum Gasteiger partial charge on any atom is 0.417 e. The van der Waals surface area contributed by atoms with Crippen LogP contribution in [0.4, 0.5) is 32.0 Å². The second-order valence-corrected chi connectivity index (χ2v) is 7.74. The Kier molecular flexibility index (Phi) is 5.44. The molecule has 3 atom stereocenters. The van der Waals surface area contributed by atoms with E-state index < -0.39 is 41.7 Å². The maximum absolute atomic E-state index is 13.6. The number of nitrogens with zero attached hydrogens (tertiary/aromatic N) is 1. The van der Waals surface area contributed by atoms with Gasteiger partial charge in [-0.25, -0.2) is 0 Å². The lowest BCUT2D eigenvalue weighted by molar-refractivity contribution is -0.209. The number of fused-ring (bicyclic) bond motifs is 1. The van der Waals surface area contributed by atoms with E-state index in [0.29, 0.717) is 11.6 Å². The summed E-state index contributed by atoms with van der Waals surface area (Å²) >= 11 is 0. The Bertz CT molecular complexity index is 1170. The van der Waals surface area contributed by atoms with E-state index in [1.807, 2.05) is 0 Å². The van der Waals surface area contributed by atoms with Crippen LogP contribution >= 0.6 is 0 Å². The third-order valence-corrected chi connectivity index (χ3v) is 5.74. The van der Waals surface area contributed by atoms with Crippen molar-refractivity contribution in [1.82, 2.24) is 4.98 Å². The van der Waals surface area contributed by atoms with Crippen molar-refractivity contribution >= 4 is 16.6 Å². The van der Waals surface area contributed by atoms with Crippen LogP contribution in [0, 0.1) is 0 Å². The highest BCUT2D eigenvalue weighted by Gasteiger charge is 2.50. The summed E-state index contributed by atoms with van der Waals surface area (Å²) in [5.74, 6) is 0. The predicted octanol–water partition coefficient (Wildman–Crippen LogP) is 5.18. The molecule has 32 heavy (non-hydrogen) atoms. The average molecular weight is 456 g/mol. The van der Waals surface area contributed by atoms with E-state index in [2.05, 4.69) is 4.98 Å². The molecule has 1 aliphatic heterocycles. The summed E-state index contributed by atoms with van der Waals surface area (Å²) < 4.78 is 80.8. The van der Waals surface area contributed by atoms with Crippen LogP contribution in [0.1, 0.15) is 30.0 Å². The van der Waals surface area contributed by atoms with E-state index in [9.17, 15) is 36.2 Å². The summed E-state index contributed by atoms with van der Waals surface area (Å²) in [6.45, 7) is 0. The second-order valence-electron chi connectivity index (χ2n) is 7.74. The van der Waals surface area contributed by atoms with Crippen LogP contribution in [0.25, 0.3) is 10.9 Å². The van der Waals surface area contributed by atoms with Gasteiger partial charge in [-0.15, -0.1) is 0 Å². The van der Waals surface area contributed by atoms with E-state index >= 15 is 0 Å². The van der Waals surface area contributed by atoms with Gasteiger partial charge in [0.25, 0.3) is 0 Å². The maximum atomic E-state index is 13.6. The zero-order valence-corrected chi connectivity index (χ0v) is 16.4. The Labute approximate surface area is 178 Å². The summed E-state index contributed by atoms with van der Waals surface area (Å²) in [4.78, 5) is 15.3. The normalized spacial score (nSPS) is 20.7. The lowest BCUT2D eigenvalue weighted by Gasteiger charge is -2.36. The molecule has 0 radical (unpaired) electrons. The predicted molar refractivity (Wildman–Crippen MR) is 106 cm³/mol. The SMILES string of the molecule is O=c1cc(C(F)(F)F)c2cc(N3[C@@H](c4ccccc4)CC[C@@H]3[C@@H](O)C(F)(F)F)ccc2[nH]1. The number of H-pyrrole nitrogens is 1. The second kappa shape index (κ2) is 7.84. The fourth-order valence-corrected chi connectivity index (χ4v) is 4.38. The quantitative estimate of drug-likeness (QED) is 0.534. The highest BCUT2D eigenvalue weighted by molar-refractivity contribution is 5.86. The molecule has 4 nitrogen and oxygen atoms in total. The molecular formula is C22H18F6N2O2. The fourth-order valence-electron chi connectivity index (χ4n) is 4.38. The summed E-state index contributed by atoms with van der Waals surface area (Å²) in [5.41, 5.74) is -1.43. The van der Waals surface area contributed by atoms with Crippen molar-refractivity contribution in [2.24, 2.45) is 0 Å². The van der Waals surface area contributed by atoms with Crippen molar-refractivity contribution in [3.05, 3.63) is 76.1 Å². The summed E-state index contributed by atoms with van der Waals surface area (Å²) in [5, 5.41) is 9.68. The van der Waals surface area contributed by atoms with Crippen molar-refractivity contribution in [3.8, 4) is 0 Å². The number of hydrogen-bond donors (Lipinski definition) is 2. The molecule has 2 N–H and O–H groups in total. The van der Waals surface area contributed by atoms with Crippen molar-refractivity contribution in [2.45, 2.75) is 43.4 Å². The van der Waals surface area contributed by atoms with Crippen LogP contribution in [0.3, 0.4) is 0 Å². The van der Waals surface area contributed by atoms with Gasteiger partial charge in [-0.05, 0) is 36.6 Å². The van der Waals surface area contributed by atoms with Crippen molar-refractivity contribution < 1.29 is 31.4 Å². The standard InChI is InChI=1S/C22H18F6N2O2/c23-21(24,25)15-11-19(31)29-16-7-6-13(10-14(15)16)30-17(12-4-2-1-3-5-12)8-9-18(30)20(32)22(26,27)28/h1-7,10-11,17-18,20,32H,8-9H2,(H,29,31)/t17-,18-,20-/m1/s1. The van der Waals surface area contributed by atoms with Crippen LogP contribution in [0.5, 0.6) is 0 Å². The van der Waals surface area contributed by atoms with Crippen molar-refractivity contribution in [1.29, 1.82) is 0 Å². The number of rotatable bonds is 3. The average Bonchev–Trinajstić information content (AvgIpc) is 3.16. The van der Waals surface area contributed by atoms with Gasteiger partial charge in [0, 0.05) is 22.7 Å². The molecule has 0 bridgehead atoms. The van der Waals surface area contributed by atoms with Crippen LogP contribution < -0.4 is 10.5 Å². The van der Waals surface area contributed by atoms with Gasteiger partial charge in [0.2, 0.25) is 5.56 Å². The minimum atomic E-state index is -4.90. The molecule has 0 unspecified atom stereocenters. The fraction of sp³-hybridized carbons (Fsp3) is 0.318. The first kappa shape index (κ1) is 22.2. The molecule has 1 fully saturated rings. The zero-order valence-electron chi connectivity index (χ0n) is 16.4. The smallest absolute Gasteiger partial charge is 0.382 e. The summed E-state index contributed by atoms with van der Waals surface area (Å²) in [6.07, 6.45) is -12.1. The Balaban J connectivity index is 1.89. The number of nitrogens with one attached hydrogen (secondary N) is 1. The molecule has 4 rings (SSSR count). The molecule has 2 aromatic carbocycles. The molecule has 0 amide bonds. The number of hydrogen-bond acceptors (Lipinski definition) is 3. The lowest BCUT2D eigenvalue weighted by atomic mass is 10.0. The number of anilines is 1. The van der Waals surface area contributed by atoms with Crippen LogP contribution in [-0.2, 0) is 6.18 Å². The van der Waals surface area contributed by atoms with Crippen molar-refractivity contribution in [3.63, 3.8) is 0 Å². The number of halogens is 6. The first-order valence-corrected chi connectivity index (χ1v) is 9.79. The summed E-state index contributed by atoms with van der Waals surface area (Å²) in [6, 6.07) is 10.8. The Morgan fingerprint density at radius 1 is 0.969 bits per heavy atom. The third kappa shape index (κ3) is 4.06. The number of aliphatic hydroxyl groups is 1. The highest BCUT2D eigenvalue weighted by Crippen LogP contribution is 2.45. The van der Waals surface area contributed by atoms with Gasteiger partial charge in [-0.2, -0.15) is 26.3 Å². The molecule has 0 saturated carbocycles. The number of aromatic nitrogens is 1. The van der Waals surface area contributed by atoms with Crippen LogP contribution in [0.15, 0.2) is 59.4 Å². The van der Waals surface area contributed by atoms with Crippen LogP contribution in [-0.4, -0.2) is 28.4 Å². The number of alkyl halides is 6. The lowest BCUT2D eigenvalue weighted by Crippen LogP contribution is -2.47. The Morgan fingerprint density at radius 3 is 2.28 bits per heavy atom. The Morgan fingerprint density at radius 2 is 1.66 bits per heavy atom. The topological polar surface area (TPSA) is 56.3 Å². The first-order valence-electron chi connectivity index (χ1n) is 9.79. The molecule has 3 aromatic rings. The van der Waals surface area contributed by atoms with Gasteiger partial charge in [-0.1, -0.05) is 30.3 Å². The van der Waals surface area contributed by atoms with Crippen LogP contribution in [0.2, 0.25) is 0 Å². The summed E-state index contributed by atoms with van der Waals surface area (Å²) in [7, 11) is 0. The molecule has 2 heterocycles. The van der Waals surface area contributed by atoms with E-state index in [1.165, 1.54) is 17.0 Å². The number of benzene rings is 2. The molecule has 1 aromatic heterocycles. The number of pyridine rings is 1. The number of aromatic amines is 1. The zero-order chi connectivity index (χ0) is 23.3. The monoisotopic (exact) mass is 456 g/mol. The van der Waals surface area contributed by atoms with Gasteiger partial charge in [0.1, 0.15) is 0 Å². The molecular weight excluding hydrogens is 438 g/mol. The molecule has 170 valence electrons. The molecule has 0 spiro atoms. The first-order chi connectivity index (χ1) is 15.0. The largest absolute Gasteiger partial charge is 0.417 e. The van der Waals surface area contributed by atoms with Gasteiger partial charge in [-0.3, -0.25) is 4.79 Å². The van der Waals surface area contributed by atoms with Gasteiger partial charge in [0.15, 0.2) is 6.10 Å². The van der Waals surface area contributed by atoms with Gasteiger partial charge in [0.05, 0.1) is 17.6 Å². The van der Waals surface area contributed by atoms with E-state index in [1.54, 1.807) is 30.3 Å². The molecule has 10 heteroatoms. The minimum absolute atomic E-state index is 0.00394. The minimum Gasteiger partial charge on any atom is -0.382 e. The molecule has 1 aliphatic rings. The molecule has 0 aliphatic carbocycles. The highest BCUT2D eigenvalue weighted by atomic mass is 19.4. The number of aliphatic hydroxyl groups excluding tert-OH is 1. The third-order valence-electron chi connectivity index (χ3n) is 5.74. The van der Waals surface area contributed by atoms with Gasteiger partial charge >= 0.3 is 12.4 Å². The van der Waals surface area contributed by atoms with E-state index in [4.69, 9.17) is 0 Å².